The van der Waals surface area contributed by atoms with E-state index in [1.807, 2.05) is 6.92 Å². The van der Waals surface area contributed by atoms with Crippen molar-refractivity contribution in [2.75, 3.05) is 31.3 Å². The first kappa shape index (κ1) is 30.6. The average Bonchev–Trinajstić information content (AvgIpc) is 2.92. The fourth-order valence-corrected chi connectivity index (χ4v) is 5.90. The fraction of sp³-hybridized carbons (Fsp3) is 0.500. The summed E-state index contributed by atoms with van der Waals surface area (Å²) in [5.41, 5.74) is 0.898. The second-order valence-electron chi connectivity index (χ2n) is 9.69. The quantitative estimate of drug-likeness (QED) is 0.400. The molecule has 0 saturated heterocycles. The molecule has 0 aromatic heterocycles. The molecule has 0 radical (unpaired) electrons. The van der Waals surface area contributed by atoms with Crippen LogP contribution in [-0.2, 0) is 26.2 Å². The first-order valence-corrected chi connectivity index (χ1v) is 15.3. The predicted octanol–water partition coefficient (Wildman–Crippen LogP) is 4.38. The van der Waals surface area contributed by atoms with Crippen molar-refractivity contribution in [1.29, 1.82) is 0 Å². The van der Waals surface area contributed by atoms with Crippen LogP contribution in [-0.4, -0.2) is 64.2 Å². The summed E-state index contributed by atoms with van der Waals surface area (Å²) in [7, 11) is -0.963. The van der Waals surface area contributed by atoms with Crippen LogP contribution in [0.5, 0.6) is 11.5 Å². The Bertz CT molecular complexity index is 1250. The van der Waals surface area contributed by atoms with Crippen LogP contribution in [0.25, 0.3) is 0 Å². The van der Waals surface area contributed by atoms with Gasteiger partial charge in [-0.05, 0) is 43.0 Å². The Balaban J connectivity index is 1.95. The summed E-state index contributed by atoms with van der Waals surface area (Å²) in [5.74, 6) is -0.0308. The van der Waals surface area contributed by atoms with Crippen LogP contribution < -0.4 is 19.1 Å². The zero-order valence-electron chi connectivity index (χ0n) is 23.0. The lowest BCUT2D eigenvalue weighted by molar-refractivity contribution is -0.140. The molecule has 3 rings (SSSR count). The molecule has 39 heavy (non-hydrogen) atoms. The normalized spacial score (nSPS) is 14.8. The van der Waals surface area contributed by atoms with Crippen molar-refractivity contribution in [3.63, 3.8) is 0 Å². The van der Waals surface area contributed by atoms with E-state index in [0.717, 1.165) is 42.7 Å². The van der Waals surface area contributed by atoms with Gasteiger partial charge in [0.25, 0.3) is 0 Å². The zero-order chi connectivity index (χ0) is 28.6. The number of methoxy groups -OCH3 is 2. The first-order valence-electron chi connectivity index (χ1n) is 13.1. The number of hydrogen-bond donors (Lipinski definition) is 1. The molecule has 1 aliphatic carbocycles. The molecule has 0 heterocycles. The Morgan fingerprint density at radius 2 is 1.72 bits per heavy atom. The number of nitrogens with one attached hydrogen (secondary N) is 1. The van der Waals surface area contributed by atoms with E-state index in [-0.39, 0.29) is 24.2 Å². The van der Waals surface area contributed by atoms with Gasteiger partial charge in [0, 0.05) is 23.7 Å². The molecule has 2 amide bonds. The molecule has 1 fully saturated rings. The van der Waals surface area contributed by atoms with E-state index in [2.05, 4.69) is 5.32 Å². The molecular weight excluding hydrogens is 542 g/mol. The number of halogens is 1. The van der Waals surface area contributed by atoms with Crippen LogP contribution in [0.2, 0.25) is 5.02 Å². The molecule has 1 N–H and O–H groups in total. The Kier molecular flexibility index (Phi) is 10.9. The van der Waals surface area contributed by atoms with Crippen LogP contribution in [0.3, 0.4) is 0 Å². The molecule has 1 saturated carbocycles. The number of sulfonamides is 1. The van der Waals surface area contributed by atoms with Crippen LogP contribution in [0.4, 0.5) is 5.69 Å². The van der Waals surface area contributed by atoms with Gasteiger partial charge in [-0.25, -0.2) is 8.42 Å². The molecule has 0 bridgehead atoms. The van der Waals surface area contributed by atoms with E-state index in [0.29, 0.717) is 28.5 Å². The average molecular weight is 580 g/mol. The minimum Gasteiger partial charge on any atom is -0.493 e. The van der Waals surface area contributed by atoms with Gasteiger partial charge in [-0.15, -0.1) is 0 Å². The van der Waals surface area contributed by atoms with E-state index in [4.69, 9.17) is 21.1 Å². The summed E-state index contributed by atoms with van der Waals surface area (Å²) in [6.07, 6.45) is 6.45. The third-order valence-electron chi connectivity index (χ3n) is 6.97. The highest BCUT2D eigenvalue weighted by Gasteiger charge is 2.33. The van der Waals surface area contributed by atoms with Gasteiger partial charge in [-0.2, -0.15) is 0 Å². The summed E-state index contributed by atoms with van der Waals surface area (Å²) in [4.78, 5) is 28.8. The monoisotopic (exact) mass is 579 g/mol. The number of carbonyl (C=O) groups is 2. The minimum atomic E-state index is -3.88. The van der Waals surface area contributed by atoms with Gasteiger partial charge in [0.1, 0.15) is 12.6 Å². The molecule has 1 aliphatic rings. The maximum atomic E-state index is 13.9. The SMILES string of the molecule is CC[C@@H](C(=O)NC1CCCCC1)N(Cc1ccccc1Cl)C(=O)CN(c1ccc(OC)c(OC)c1)S(C)(=O)=O. The van der Waals surface area contributed by atoms with Crippen molar-refractivity contribution in [1.82, 2.24) is 10.2 Å². The summed E-state index contributed by atoms with van der Waals surface area (Å²) in [5, 5.41) is 3.58. The number of nitrogens with zero attached hydrogens (tertiary/aromatic N) is 2. The second-order valence-corrected chi connectivity index (χ2v) is 12.0. The van der Waals surface area contributed by atoms with Crippen LogP contribution in [0, 0.1) is 0 Å². The molecule has 2 aromatic carbocycles. The van der Waals surface area contributed by atoms with Crippen molar-refractivity contribution < 1.29 is 27.5 Å². The van der Waals surface area contributed by atoms with Crippen LogP contribution >= 0.6 is 11.6 Å². The summed E-state index contributed by atoms with van der Waals surface area (Å²) < 4.78 is 37.4. The molecule has 214 valence electrons. The zero-order valence-corrected chi connectivity index (χ0v) is 24.6. The lowest BCUT2D eigenvalue weighted by Gasteiger charge is -2.34. The second kappa shape index (κ2) is 13.9. The minimum absolute atomic E-state index is 0.0542. The van der Waals surface area contributed by atoms with E-state index in [1.165, 1.54) is 25.2 Å². The number of anilines is 1. The third-order valence-corrected chi connectivity index (χ3v) is 8.48. The molecule has 1 atom stereocenters. The Labute approximate surface area is 236 Å². The molecule has 0 aliphatic heterocycles. The van der Waals surface area contributed by atoms with Crippen molar-refractivity contribution in [3.05, 3.63) is 53.1 Å². The van der Waals surface area contributed by atoms with Crippen molar-refractivity contribution in [2.24, 2.45) is 0 Å². The van der Waals surface area contributed by atoms with E-state index in [9.17, 15) is 18.0 Å². The summed E-state index contributed by atoms with van der Waals surface area (Å²) >= 11 is 6.42. The summed E-state index contributed by atoms with van der Waals surface area (Å²) in [6.45, 7) is 1.38. The van der Waals surface area contributed by atoms with E-state index in [1.54, 1.807) is 36.4 Å². The number of amides is 2. The van der Waals surface area contributed by atoms with Crippen molar-refractivity contribution in [2.45, 2.75) is 64.1 Å². The highest BCUT2D eigenvalue weighted by Crippen LogP contribution is 2.32. The van der Waals surface area contributed by atoms with Crippen LogP contribution in [0.1, 0.15) is 51.0 Å². The molecule has 2 aromatic rings. The Hall–Kier alpha value is -2.98. The highest BCUT2D eigenvalue weighted by atomic mass is 35.5. The maximum absolute atomic E-state index is 13.9. The molecule has 0 unspecified atom stereocenters. The topological polar surface area (TPSA) is 105 Å². The Morgan fingerprint density at radius 1 is 1.05 bits per heavy atom. The van der Waals surface area contributed by atoms with Gasteiger partial charge < -0.3 is 19.7 Å². The van der Waals surface area contributed by atoms with E-state index < -0.39 is 28.5 Å². The van der Waals surface area contributed by atoms with Gasteiger partial charge >= 0.3 is 0 Å². The predicted molar refractivity (Wildman–Crippen MR) is 153 cm³/mol. The Morgan fingerprint density at radius 3 is 2.31 bits per heavy atom. The lowest BCUT2D eigenvalue weighted by Crippen LogP contribution is -2.54. The van der Waals surface area contributed by atoms with Crippen LogP contribution in [0.15, 0.2) is 42.5 Å². The van der Waals surface area contributed by atoms with Gasteiger partial charge in [0.2, 0.25) is 21.8 Å². The maximum Gasteiger partial charge on any atom is 0.244 e. The van der Waals surface area contributed by atoms with Gasteiger partial charge in [-0.1, -0.05) is 56.0 Å². The fourth-order valence-electron chi connectivity index (χ4n) is 4.87. The number of carbonyl (C=O) groups excluding carboxylic acids is 2. The summed E-state index contributed by atoms with van der Waals surface area (Å²) in [6, 6.07) is 11.0. The molecule has 0 spiro atoms. The number of rotatable bonds is 12. The lowest BCUT2D eigenvalue weighted by atomic mass is 9.95. The first-order chi connectivity index (χ1) is 18.6. The molecule has 11 heteroatoms. The third kappa shape index (κ3) is 8.02. The van der Waals surface area contributed by atoms with Crippen molar-refractivity contribution >= 4 is 39.1 Å². The number of hydrogen-bond acceptors (Lipinski definition) is 6. The van der Waals surface area contributed by atoms with Gasteiger partial charge in [0.15, 0.2) is 11.5 Å². The standard InChI is InChI=1S/C28H38ClN3O6S/c1-5-24(28(34)30-21-12-7-6-8-13-21)31(18-20-11-9-10-14-23(20)29)27(33)19-32(39(4,35)36)22-15-16-25(37-2)26(17-22)38-3/h9-11,14-17,21,24H,5-8,12-13,18-19H2,1-4H3,(H,30,34)/t24-/m0/s1. The number of ether oxygens (including phenoxy) is 2. The smallest absolute Gasteiger partial charge is 0.244 e. The van der Waals surface area contributed by atoms with Crippen molar-refractivity contribution in [3.8, 4) is 11.5 Å². The largest absolute Gasteiger partial charge is 0.493 e. The molecular formula is C28H38ClN3O6S. The van der Waals surface area contributed by atoms with E-state index >= 15 is 0 Å². The highest BCUT2D eigenvalue weighted by molar-refractivity contribution is 7.92. The molecule has 9 nitrogen and oxygen atoms in total. The number of benzene rings is 2. The van der Waals surface area contributed by atoms with Gasteiger partial charge in [0.05, 0.1) is 26.2 Å². The van der Waals surface area contributed by atoms with Gasteiger partial charge in [-0.3, -0.25) is 13.9 Å².